The minimum Gasteiger partial charge on any atom is -0.480 e. The van der Waals surface area contributed by atoms with E-state index in [1.54, 1.807) is 0 Å². The molecule has 0 amide bonds. The fourth-order valence-corrected chi connectivity index (χ4v) is 4.59. The van der Waals surface area contributed by atoms with Gasteiger partial charge in [-0.15, -0.1) is 24.8 Å². The van der Waals surface area contributed by atoms with Gasteiger partial charge in [0.2, 0.25) is 0 Å². The molecule has 2 atom stereocenters. The van der Waals surface area contributed by atoms with Crippen LogP contribution in [0.2, 0.25) is 11.3 Å². The van der Waals surface area contributed by atoms with Gasteiger partial charge in [0, 0.05) is 24.2 Å². The van der Waals surface area contributed by atoms with Gasteiger partial charge in [-0.1, -0.05) is 60.8 Å². The van der Waals surface area contributed by atoms with E-state index in [1.165, 1.54) is 16.7 Å². The fraction of sp³-hybridized carbons (Fsp3) is 0.458. The van der Waals surface area contributed by atoms with Gasteiger partial charge in [-0.05, 0) is 60.8 Å². The highest BCUT2D eigenvalue weighted by molar-refractivity contribution is 6.40. The molecule has 0 fully saturated rings. The summed E-state index contributed by atoms with van der Waals surface area (Å²) in [6, 6.07) is 16.4. The van der Waals surface area contributed by atoms with Crippen LogP contribution in [-0.2, 0) is 24.3 Å². The van der Waals surface area contributed by atoms with Crippen molar-refractivity contribution >= 4 is 49.5 Å². The molecule has 6 nitrogen and oxygen atoms in total. The third-order valence-corrected chi connectivity index (χ3v) is 6.70. The normalized spacial score (nSPS) is 17.0. The van der Waals surface area contributed by atoms with Crippen molar-refractivity contribution in [2.24, 2.45) is 5.73 Å². The number of aliphatic carboxylic acids is 1. The number of hydrogen-bond donors (Lipinski definition) is 4. The average Bonchev–Trinajstić information content (AvgIpc) is 2.76. The van der Waals surface area contributed by atoms with E-state index in [0.717, 1.165) is 19.5 Å². The van der Waals surface area contributed by atoms with Crippen molar-refractivity contribution in [1.29, 1.82) is 0 Å². The van der Waals surface area contributed by atoms with Crippen LogP contribution in [0.3, 0.4) is 0 Å². The molecule has 0 radical (unpaired) electrons. The molecule has 5 N–H and O–H groups in total. The molecule has 2 aromatic rings. The lowest BCUT2D eigenvalue weighted by Gasteiger charge is -2.38. The molecule has 1 aliphatic heterocycles. The van der Waals surface area contributed by atoms with Crippen molar-refractivity contribution in [3.8, 4) is 0 Å². The molecule has 188 valence electrons. The molecule has 1 aliphatic rings. The highest BCUT2D eigenvalue weighted by Crippen LogP contribution is 2.30. The summed E-state index contributed by atoms with van der Waals surface area (Å²) in [5.74, 6) is -0.998. The second kappa shape index (κ2) is 14.3. The molecule has 3 rings (SSSR count). The number of hydrogen-bond acceptors (Lipinski definition) is 5. The number of halogens is 3. The molecule has 10 heteroatoms. The molecule has 34 heavy (non-hydrogen) atoms. The fourth-order valence-electron chi connectivity index (χ4n) is 4.47. The predicted octanol–water partition coefficient (Wildman–Crippen LogP) is 4.32. The number of carbonyl (C=O) groups is 1. The molecule has 2 aromatic carbocycles. The molecule has 0 spiro atoms. The maximum atomic E-state index is 12.0. The highest BCUT2D eigenvalue weighted by Gasteiger charge is 2.35. The van der Waals surface area contributed by atoms with Gasteiger partial charge in [0.25, 0.3) is 0 Å². The van der Waals surface area contributed by atoms with Crippen molar-refractivity contribution < 1.29 is 19.9 Å². The summed E-state index contributed by atoms with van der Waals surface area (Å²) >= 11 is 6.04. The number of rotatable bonds is 11. The summed E-state index contributed by atoms with van der Waals surface area (Å²) in [4.78, 5) is 14.4. The second-order valence-corrected chi connectivity index (χ2v) is 9.32. The van der Waals surface area contributed by atoms with E-state index >= 15 is 0 Å². The summed E-state index contributed by atoms with van der Waals surface area (Å²) in [5, 5.41) is 28.5. The number of unbranched alkanes of at least 4 members (excludes halogenated alkanes) is 1. The minimum absolute atomic E-state index is 0. The number of carboxylic acid groups (broad SMARTS) is 1. The Labute approximate surface area is 219 Å². The number of fused-ring (bicyclic) bond motifs is 1. The van der Waals surface area contributed by atoms with E-state index in [-0.39, 0.29) is 37.2 Å². The van der Waals surface area contributed by atoms with Crippen LogP contribution in [0, 0.1) is 0 Å². The first-order valence-corrected chi connectivity index (χ1v) is 11.6. The van der Waals surface area contributed by atoms with E-state index in [1.807, 2.05) is 30.3 Å². The topological polar surface area (TPSA) is 107 Å². The van der Waals surface area contributed by atoms with Crippen molar-refractivity contribution in [1.82, 2.24) is 4.90 Å². The van der Waals surface area contributed by atoms with Crippen LogP contribution in [0.15, 0.2) is 48.5 Å². The van der Waals surface area contributed by atoms with E-state index < -0.39 is 18.6 Å². The van der Waals surface area contributed by atoms with Crippen molar-refractivity contribution in [3.63, 3.8) is 0 Å². The lowest BCUT2D eigenvalue weighted by Crippen LogP contribution is -2.50. The molecule has 0 saturated carbocycles. The van der Waals surface area contributed by atoms with Gasteiger partial charge in [0.05, 0.1) is 0 Å². The van der Waals surface area contributed by atoms with Crippen molar-refractivity contribution in [3.05, 3.63) is 70.2 Å². The Bertz CT molecular complexity index is 904. The summed E-state index contributed by atoms with van der Waals surface area (Å²) in [6.45, 7) is 1.57. The Balaban J connectivity index is 0.00000289. The van der Waals surface area contributed by atoms with Crippen LogP contribution in [0.1, 0.15) is 48.8 Å². The van der Waals surface area contributed by atoms with Gasteiger partial charge >= 0.3 is 13.1 Å². The highest BCUT2D eigenvalue weighted by atomic mass is 35.5. The van der Waals surface area contributed by atoms with Gasteiger partial charge in [-0.2, -0.15) is 0 Å². The summed E-state index contributed by atoms with van der Waals surface area (Å²) < 4.78 is 0. The largest absolute Gasteiger partial charge is 0.480 e. The zero-order valence-electron chi connectivity index (χ0n) is 19.1. The second-order valence-electron chi connectivity index (χ2n) is 8.88. The smallest absolute Gasteiger partial charge is 0.451 e. The van der Waals surface area contributed by atoms with Crippen LogP contribution in [-0.4, -0.2) is 44.7 Å². The third kappa shape index (κ3) is 8.72. The Morgan fingerprint density at radius 2 is 1.71 bits per heavy atom. The predicted molar refractivity (Wildman–Crippen MR) is 142 cm³/mol. The SMILES string of the molecule is Cl.Cl.NC(CCCCB(O)O)(CCC1Cc2ccccc2CN1Cc1ccc(Cl)cc1)C(=O)O. The lowest BCUT2D eigenvalue weighted by molar-refractivity contribution is -0.144. The number of carboxylic acids is 1. The van der Waals surface area contributed by atoms with Gasteiger partial charge in [-0.25, -0.2) is 0 Å². The maximum absolute atomic E-state index is 12.0. The zero-order valence-corrected chi connectivity index (χ0v) is 21.5. The molecule has 0 saturated heterocycles. The standard InChI is InChI=1S/C24H32BClN2O4.2ClH/c26-21-9-7-18(8-10-21)16-28-17-20-6-2-1-5-19(20)15-22(28)11-13-24(27,23(29)30)12-3-4-14-25(31)32;;/h1-2,5-10,22,31-32H,3-4,11-17,27H2,(H,29,30);2*1H. The summed E-state index contributed by atoms with van der Waals surface area (Å²) in [6.07, 6.45) is 3.52. The zero-order chi connectivity index (χ0) is 23.1. The van der Waals surface area contributed by atoms with Crippen LogP contribution >= 0.6 is 36.4 Å². The first-order valence-electron chi connectivity index (χ1n) is 11.2. The molecule has 2 unspecified atom stereocenters. The Morgan fingerprint density at radius 1 is 1.06 bits per heavy atom. The Kier molecular flexibility index (Phi) is 12.9. The van der Waals surface area contributed by atoms with E-state index in [9.17, 15) is 9.90 Å². The van der Waals surface area contributed by atoms with E-state index in [0.29, 0.717) is 37.1 Å². The third-order valence-electron chi connectivity index (χ3n) is 6.45. The average molecular weight is 532 g/mol. The van der Waals surface area contributed by atoms with Crippen LogP contribution < -0.4 is 5.73 Å². The summed E-state index contributed by atoms with van der Waals surface area (Å²) in [7, 11) is -1.37. The first kappa shape index (κ1) is 30.7. The monoisotopic (exact) mass is 530 g/mol. The van der Waals surface area contributed by atoms with Crippen LogP contribution in [0.4, 0.5) is 0 Å². The summed E-state index contributed by atoms with van der Waals surface area (Å²) in [5.41, 5.74) is 8.78. The van der Waals surface area contributed by atoms with Gasteiger partial charge in [-0.3, -0.25) is 9.69 Å². The lowest BCUT2D eigenvalue weighted by atomic mass is 9.80. The quantitative estimate of drug-likeness (QED) is 0.254. The number of nitrogens with two attached hydrogens (primary N) is 1. The first-order chi connectivity index (χ1) is 15.3. The van der Waals surface area contributed by atoms with Crippen LogP contribution in [0.5, 0.6) is 0 Å². The Hall–Kier alpha value is -1.32. The molecule has 0 aliphatic carbocycles. The van der Waals surface area contributed by atoms with Gasteiger partial charge in [0.15, 0.2) is 0 Å². The molecular weight excluding hydrogens is 497 g/mol. The van der Waals surface area contributed by atoms with Crippen molar-refractivity contribution in [2.75, 3.05) is 0 Å². The number of benzene rings is 2. The van der Waals surface area contributed by atoms with E-state index in [4.69, 9.17) is 27.4 Å². The molecule has 0 bridgehead atoms. The Morgan fingerprint density at radius 3 is 2.32 bits per heavy atom. The van der Waals surface area contributed by atoms with Gasteiger partial charge in [0.1, 0.15) is 5.54 Å². The van der Waals surface area contributed by atoms with Crippen molar-refractivity contribution in [2.45, 2.75) is 69.5 Å². The van der Waals surface area contributed by atoms with E-state index in [2.05, 4.69) is 23.1 Å². The van der Waals surface area contributed by atoms with Crippen LogP contribution in [0.25, 0.3) is 0 Å². The minimum atomic E-state index is -1.37. The molecule has 0 aromatic heterocycles. The number of nitrogens with zero attached hydrogens (tertiary/aromatic N) is 1. The molecule has 1 heterocycles. The van der Waals surface area contributed by atoms with Gasteiger partial charge < -0.3 is 20.9 Å². The molecular formula is C24H34BCl3N2O4. The maximum Gasteiger partial charge on any atom is 0.451 e.